The number of hydrogen-bond donors (Lipinski definition) is 2. The molecule has 1 aliphatic heterocycles. The Kier molecular flexibility index (Phi) is 6.93. The first-order valence-electron chi connectivity index (χ1n) is 10.1. The third-order valence-corrected chi connectivity index (χ3v) is 7.27. The molecule has 0 spiro atoms. The Morgan fingerprint density at radius 1 is 1.12 bits per heavy atom. The number of para-hydroxylation sites is 1. The summed E-state index contributed by atoms with van der Waals surface area (Å²) < 4.78 is 39.6. The summed E-state index contributed by atoms with van der Waals surface area (Å²) in [5, 5.41) is 11.3. The van der Waals surface area contributed by atoms with E-state index in [1.807, 2.05) is 19.1 Å². The van der Waals surface area contributed by atoms with E-state index in [4.69, 9.17) is 14.6 Å². The monoisotopic (exact) mass is 462 g/mol. The Hall–Kier alpha value is -3.27. The van der Waals surface area contributed by atoms with Gasteiger partial charge in [0.05, 0.1) is 32.0 Å². The average Bonchev–Trinajstić information content (AvgIpc) is 2.77. The van der Waals surface area contributed by atoms with Gasteiger partial charge in [-0.2, -0.15) is 0 Å². The number of rotatable bonds is 8. The number of anilines is 2. The molecule has 0 radical (unpaired) electrons. The minimum absolute atomic E-state index is 0.0700. The quantitative estimate of drug-likeness (QED) is 0.618. The smallest absolute Gasteiger partial charge is 0.303 e. The third kappa shape index (κ3) is 4.64. The first-order chi connectivity index (χ1) is 15.2. The zero-order valence-electron chi connectivity index (χ0n) is 18.1. The molecule has 2 N–H and O–H groups in total. The molecule has 10 heteroatoms. The van der Waals surface area contributed by atoms with Crippen LogP contribution in [0.15, 0.2) is 41.3 Å². The number of ether oxygens (including phenoxy) is 2. The summed E-state index contributed by atoms with van der Waals surface area (Å²) in [7, 11) is -1.34. The van der Waals surface area contributed by atoms with Crippen molar-refractivity contribution in [3.05, 3.63) is 42.0 Å². The zero-order chi connectivity index (χ0) is 23.5. The van der Waals surface area contributed by atoms with Crippen LogP contribution < -0.4 is 19.1 Å². The zero-order valence-corrected chi connectivity index (χ0v) is 18.9. The number of aliphatic carboxylic acids is 1. The van der Waals surface area contributed by atoms with Crippen LogP contribution in [0.3, 0.4) is 0 Å². The maximum atomic E-state index is 13.8. The molecule has 1 aliphatic rings. The van der Waals surface area contributed by atoms with Gasteiger partial charge in [0.1, 0.15) is 16.4 Å². The van der Waals surface area contributed by atoms with Crippen molar-refractivity contribution >= 4 is 33.3 Å². The fourth-order valence-corrected chi connectivity index (χ4v) is 5.62. The van der Waals surface area contributed by atoms with E-state index in [2.05, 4.69) is 5.32 Å². The highest BCUT2D eigenvalue weighted by Crippen LogP contribution is 2.41. The maximum absolute atomic E-state index is 13.8. The number of carbonyl (C=O) groups excluding carboxylic acids is 1. The number of nitrogens with one attached hydrogen (secondary N) is 1. The number of carbonyl (C=O) groups is 2. The van der Waals surface area contributed by atoms with Crippen molar-refractivity contribution < 1.29 is 32.6 Å². The van der Waals surface area contributed by atoms with E-state index < -0.39 is 21.9 Å². The normalized spacial score (nSPS) is 15.6. The molecule has 3 rings (SSSR count). The molecule has 1 heterocycles. The lowest BCUT2D eigenvalue weighted by molar-refractivity contribution is -0.138. The molecule has 1 amide bonds. The van der Waals surface area contributed by atoms with Crippen molar-refractivity contribution in [2.45, 2.75) is 43.5 Å². The number of nitrogens with zero attached hydrogens (tertiary/aromatic N) is 1. The van der Waals surface area contributed by atoms with E-state index in [0.717, 1.165) is 12.0 Å². The number of amides is 1. The highest BCUT2D eigenvalue weighted by molar-refractivity contribution is 7.93. The molecule has 2 aromatic carbocycles. The van der Waals surface area contributed by atoms with Gasteiger partial charge in [0.15, 0.2) is 0 Å². The lowest BCUT2D eigenvalue weighted by Crippen LogP contribution is -2.42. The van der Waals surface area contributed by atoms with Crippen LogP contribution in [-0.2, 0) is 26.0 Å². The first kappa shape index (κ1) is 23.4. The third-order valence-electron chi connectivity index (χ3n) is 5.32. The lowest BCUT2D eigenvalue weighted by Gasteiger charge is -2.36. The molecule has 1 atom stereocenters. The number of aryl methyl sites for hydroxylation is 1. The molecular weight excluding hydrogens is 436 g/mol. The fraction of sp³-hybridized carbons (Fsp3) is 0.364. The summed E-state index contributed by atoms with van der Waals surface area (Å²) in [6, 6.07) is 9.73. The van der Waals surface area contributed by atoms with E-state index in [1.54, 1.807) is 12.1 Å². The Bertz CT molecular complexity index is 1130. The minimum atomic E-state index is -4.07. The van der Waals surface area contributed by atoms with Gasteiger partial charge in [0, 0.05) is 18.5 Å². The van der Waals surface area contributed by atoms with Gasteiger partial charge in [-0.05, 0) is 37.5 Å². The maximum Gasteiger partial charge on any atom is 0.303 e. The van der Waals surface area contributed by atoms with Crippen LogP contribution in [0, 0.1) is 0 Å². The van der Waals surface area contributed by atoms with Crippen molar-refractivity contribution in [1.82, 2.24) is 0 Å². The minimum Gasteiger partial charge on any atom is -0.495 e. The van der Waals surface area contributed by atoms with Gasteiger partial charge in [-0.15, -0.1) is 0 Å². The summed E-state index contributed by atoms with van der Waals surface area (Å²) in [6.07, 6.45) is 0.822. The average molecular weight is 463 g/mol. The van der Waals surface area contributed by atoms with Crippen molar-refractivity contribution in [2.24, 2.45) is 0 Å². The van der Waals surface area contributed by atoms with Gasteiger partial charge < -0.3 is 19.9 Å². The summed E-state index contributed by atoms with van der Waals surface area (Å²) in [6.45, 7) is 1.85. The summed E-state index contributed by atoms with van der Waals surface area (Å²) >= 11 is 0. The first-order valence-corrected chi connectivity index (χ1v) is 11.5. The SMILES string of the molecule is COc1cc(OC)c(S(=O)(=O)N2c3ccccc3CC[C@@H]2C)cc1NC(=O)CCC(=O)O. The topological polar surface area (TPSA) is 122 Å². The molecular formula is C22H26N2O7S. The molecule has 0 saturated carbocycles. The van der Waals surface area contributed by atoms with E-state index in [-0.39, 0.29) is 41.0 Å². The summed E-state index contributed by atoms with van der Waals surface area (Å²) in [4.78, 5) is 22.8. The largest absolute Gasteiger partial charge is 0.495 e. The second kappa shape index (κ2) is 9.47. The number of carboxylic acid groups (broad SMARTS) is 1. The molecule has 0 saturated heterocycles. The van der Waals surface area contributed by atoms with Crippen LogP contribution in [0.25, 0.3) is 0 Å². The number of hydrogen-bond acceptors (Lipinski definition) is 6. The van der Waals surface area contributed by atoms with Crippen LogP contribution >= 0.6 is 0 Å². The van der Waals surface area contributed by atoms with Crippen LogP contribution in [-0.4, -0.2) is 45.7 Å². The Morgan fingerprint density at radius 3 is 2.47 bits per heavy atom. The number of sulfonamides is 1. The van der Waals surface area contributed by atoms with Crippen LogP contribution in [0.2, 0.25) is 0 Å². The second-order valence-electron chi connectivity index (χ2n) is 7.46. The van der Waals surface area contributed by atoms with E-state index >= 15 is 0 Å². The molecule has 0 aromatic heterocycles. The number of fused-ring (bicyclic) bond motifs is 1. The fourth-order valence-electron chi connectivity index (χ4n) is 3.73. The Labute approximate surface area is 187 Å². The summed E-state index contributed by atoms with van der Waals surface area (Å²) in [5.74, 6) is -1.42. The Morgan fingerprint density at radius 2 is 1.81 bits per heavy atom. The summed E-state index contributed by atoms with van der Waals surface area (Å²) in [5.41, 5.74) is 1.65. The van der Waals surface area contributed by atoms with Gasteiger partial charge in [0.25, 0.3) is 10.0 Å². The highest BCUT2D eigenvalue weighted by atomic mass is 32.2. The number of benzene rings is 2. The second-order valence-corrected chi connectivity index (χ2v) is 9.25. The van der Waals surface area contributed by atoms with E-state index in [0.29, 0.717) is 12.1 Å². The molecule has 2 aromatic rings. The van der Waals surface area contributed by atoms with Crippen molar-refractivity contribution in [3.63, 3.8) is 0 Å². The lowest BCUT2D eigenvalue weighted by atomic mass is 9.99. The molecule has 0 unspecified atom stereocenters. The van der Waals surface area contributed by atoms with Crippen molar-refractivity contribution in [3.8, 4) is 11.5 Å². The standard InChI is InChI=1S/C22H26N2O7S/c1-14-8-9-15-6-4-5-7-17(15)24(14)32(28,29)20-12-16(18(30-2)13-19(20)31-3)23-21(25)10-11-22(26)27/h4-7,12-14H,8-11H2,1-3H3,(H,23,25)(H,26,27)/t14-/m0/s1. The Balaban J connectivity index is 2.08. The molecule has 0 fully saturated rings. The van der Waals surface area contributed by atoms with E-state index in [9.17, 15) is 18.0 Å². The molecule has 32 heavy (non-hydrogen) atoms. The van der Waals surface area contributed by atoms with Gasteiger partial charge >= 0.3 is 5.97 Å². The van der Waals surface area contributed by atoms with Gasteiger partial charge in [-0.1, -0.05) is 18.2 Å². The van der Waals surface area contributed by atoms with Crippen molar-refractivity contribution in [2.75, 3.05) is 23.8 Å². The molecule has 172 valence electrons. The van der Waals surface area contributed by atoms with Crippen LogP contribution in [0.5, 0.6) is 11.5 Å². The molecule has 0 bridgehead atoms. The van der Waals surface area contributed by atoms with Gasteiger partial charge in [-0.3, -0.25) is 13.9 Å². The molecule has 9 nitrogen and oxygen atoms in total. The van der Waals surface area contributed by atoms with E-state index in [1.165, 1.54) is 30.7 Å². The van der Waals surface area contributed by atoms with Crippen molar-refractivity contribution in [1.29, 1.82) is 0 Å². The van der Waals surface area contributed by atoms with Crippen LogP contribution in [0.1, 0.15) is 31.7 Å². The number of methoxy groups -OCH3 is 2. The van der Waals surface area contributed by atoms with Gasteiger partial charge in [-0.25, -0.2) is 8.42 Å². The number of carboxylic acids is 1. The molecule has 0 aliphatic carbocycles. The van der Waals surface area contributed by atoms with Crippen LogP contribution in [0.4, 0.5) is 11.4 Å². The van der Waals surface area contributed by atoms with Gasteiger partial charge in [0.2, 0.25) is 5.91 Å². The highest BCUT2D eigenvalue weighted by Gasteiger charge is 2.36. The predicted octanol–water partition coefficient (Wildman–Crippen LogP) is 3.04. The predicted molar refractivity (Wildman–Crippen MR) is 119 cm³/mol.